The molecule has 0 spiro atoms. The number of nitrogens with one attached hydrogen (secondary N) is 1. The van der Waals surface area contributed by atoms with Gasteiger partial charge in [-0.25, -0.2) is 8.42 Å². The molecule has 3 aromatic carbocycles. The van der Waals surface area contributed by atoms with Crippen LogP contribution in [0.3, 0.4) is 0 Å². The van der Waals surface area contributed by atoms with E-state index in [0.29, 0.717) is 17.0 Å². The van der Waals surface area contributed by atoms with Crippen molar-refractivity contribution in [2.75, 3.05) is 16.2 Å². The van der Waals surface area contributed by atoms with E-state index in [1.54, 1.807) is 36.4 Å². The first-order chi connectivity index (χ1) is 15.8. The highest BCUT2D eigenvalue weighted by molar-refractivity contribution is 7.92. The van der Waals surface area contributed by atoms with Gasteiger partial charge in [0.05, 0.1) is 18.0 Å². The number of nitrogens with zero attached hydrogens (tertiary/aromatic N) is 1. The van der Waals surface area contributed by atoms with Crippen LogP contribution >= 0.6 is 0 Å². The molecule has 1 unspecified atom stereocenters. The molecule has 0 fully saturated rings. The van der Waals surface area contributed by atoms with Gasteiger partial charge in [-0.05, 0) is 41.7 Å². The molecule has 0 aromatic heterocycles. The number of benzene rings is 3. The van der Waals surface area contributed by atoms with E-state index in [4.69, 9.17) is 4.74 Å². The van der Waals surface area contributed by atoms with Crippen LogP contribution in [0.25, 0.3) is 0 Å². The van der Waals surface area contributed by atoms with Crippen LogP contribution in [0, 0.1) is 6.92 Å². The largest absolute Gasteiger partial charge is 0.476 e. The van der Waals surface area contributed by atoms with Crippen molar-refractivity contribution >= 4 is 27.3 Å². The normalized spacial score (nSPS) is 15.6. The number of anilines is 2. The lowest BCUT2D eigenvalue weighted by Crippen LogP contribution is -2.49. The summed E-state index contributed by atoms with van der Waals surface area (Å²) >= 11 is 0. The van der Waals surface area contributed by atoms with E-state index in [1.807, 2.05) is 43.3 Å². The van der Waals surface area contributed by atoms with Crippen molar-refractivity contribution in [3.63, 3.8) is 0 Å². The van der Waals surface area contributed by atoms with Crippen molar-refractivity contribution in [3.05, 3.63) is 89.5 Å². The lowest BCUT2D eigenvalue weighted by Gasteiger charge is -2.35. The summed E-state index contributed by atoms with van der Waals surface area (Å²) in [6.07, 6.45) is -0.981. The van der Waals surface area contributed by atoms with Crippen molar-refractivity contribution in [2.24, 2.45) is 0 Å². The molecule has 33 heavy (non-hydrogen) atoms. The maximum Gasteiger partial charge on any atom is 0.267 e. The average molecular weight is 465 g/mol. The predicted molar refractivity (Wildman–Crippen MR) is 131 cm³/mol. The van der Waals surface area contributed by atoms with E-state index in [1.165, 1.54) is 4.31 Å². The van der Waals surface area contributed by atoms with Gasteiger partial charge in [-0.2, -0.15) is 0 Å². The molecule has 4 rings (SSSR count). The molecule has 6 nitrogen and oxygen atoms in total. The number of carbonyl (C=O) groups excluding carboxylic acids is 1. The van der Waals surface area contributed by atoms with Crippen LogP contribution in [0.2, 0.25) is 0 Å². The SMILES string of the molecule is Cc1cccc(C(C)C)c1NC(=O)C1CN(S(=O)(=O)Cc2ccccc2)c2ccccc2O1. The van der Waals surface area contributed by atoms with Crippen molar-refractivity contribution in [2.45, 2.75) is 38.5 Å². The molecule has 1 amide bonds. The van der Waals surface area contributed by atoms with Gasteiger partial charge in [0, 0.05) is 5.69 Å². The third-order valence-electron chi connectivity index (χ3n) is 5.73. The summed E-state index contributed by atoms with van der Waals surface area (Å²) in [5.74, 6) is 0.0529. The van der Waals surface area contributed by atoms with Crippen LogP contribution in [-0.4, -0.2) is 27.0 Å². The highest BCUT2D eigenvalue weighted by Crippen LogP contribution is 2.36. The van der Waals surface area contributed by atoms with E-state index in [9.17, 15) is 13.2 Å². The minimum Gasteiger partial charge on any atom is -0.476 e. The summed E-state index contributed by atoms with van der Waals surface area (Å²) < 4.78 is 34.0. The Hall–Kier alpha value is -3.32. The van der Waals surface area contributed by atoms with Gasteiger partial charge in [0.1, 0.15) is 5.75 Å². The molecule has 1 atom stereocenters. The molecule has 0 radical (unpaired) electrons. The first-order valence-electron chi connectivity index (χ1n) is 11.0. The molecule has 172 valence electrons. The van der Waals surface area contributed by atoms with Crippen LogP contribution in [0.15, 0.2) is 72.8 Å². The molecule has 1 aliphatic rings. The van der Waals surface area contributed by atoms with Crippen LogP contribution in [-0.2, 0) is 20.6 Å². The van der Waals surface area contributed by atoms with E-state index < -0.39 is 16.1 Å². The lowest BCUT2D eigenvalue weighted by atomic mass is 9.98. The Morgan fingerprint density at radius 2 is 1.73 bits per heavy atom. The molecule has 1 N–H and O–H groups in total. The van der Waals surface area contributed by atoms with Crippen molar-refractivity contribution in [1.29, 1.82) is 0 Å². The van der Waals surface area contributed by atoms with Gasteiger partial charge in [0.15, 0.2) is 6.10 Å². The van der Waals surface area contributed by atoms with Crippen molar-refractivity contribution in [3.8, 4) is 5.75 Å². The summed E-state index contributed by atoms with van der Waals surface area (Å²) in [4.78, 5) is 13.3. The van der Waals surface area contributed by atoms with Gasteiger partial charge in [-0.15, -0.1) is 0 Å². The molecule has 1 heterocycles. The molecular weight excluding hydrogens is 436 g/mol. The Labute approximate surface area is 195 Å². The summed E-state index contributed by atoms with van der Waals surface area (Å²) in [5.41, 5.74) is 3.84. The maximum atomic E-state index is 13.4. The summed E-state index contributed by atoms with van der Waals surface area (Å²) in [6.45, 7) is 5.97. The number of sulfonamides is 1. The number of ether oxygens (including phenoxy) is 1. The second kappa shape index (κ2) is 9.27. The number of hydrogen-bond acceptors (Lipinski definition) is 4. The summed E-state index contributed by atoms with van der Waals surface area (Å²) in [7, 11) is -3.75. The van der Waals surface area contributed by atoms with Crippen LogP contribution < -0.4 is 14.4 Å². The number of aryl methyl sites for hydroxylation is 1. The number of para-hydroxylation sites is 3. The first kappa shape index (κ1) is 22.9. The minimum atomic E-state index is -3.75. The van der Waals surface area contributed by atoms with Gasteiger partial charge in [0.25, 0.3) is 5.91 Å². The van der Waals surface area contributed by atoms with Gasteiger partial charge >= 0.3 is 0 Å². The third-order valence-corrected chi connectivity index (χ3v) is 7.45. The fourth-order valence-electron chi connectivity index (χ4n) is 4.01. The Kier molecular flexibility index (Phi) is 6.42. The smallest absolute Gasteiger partial charge is 0.267 e. The van der Waals surface area contributed by atoms with Crippen molar-refractivity contribution in [1.82, 2.24) is 0 Å². The predicted octanol–water partition coefficient (Wildman–Crippen LogP) is 4.85. The van der Waals surface area contributed by atoms with Crippen molar-refractivity contribution < 1.29 is 17.9 Å². The second-order valence-corrected chi connectivity index (χ2v) is 10.4. The first-order valence-corrected chi connectivity index (χ1v) is 12.6. The number of carbonyl (C=O) groups is 1. The van der Waals surface area contributed by atoms with Crippen LogP contribution in [0.1, 0.15) is 36.5 Å². The fourth-order valence-corrected chi connectivity index (χ4v) is 5.59. The van der Waals surface area contributed by atoms with Gasteiger partial charge in [-0.3, -0.25) is 9.10 Å². The third kappa shape index (κ3) is 4.88. The topological polar surface area (TPSA) is 75.7 Å². The molecule has 7 heteroatoms. The highest BCUT2D eigenvalue weighted by Gasteiger charge is 2.37. The molecule has 1 aliphatic heterocycles. The zero-order valence-corrected chi connectivity index (χ0v) is 19.8. The maximum absolute atomic E-state index is 13.4. The standard InChI is InChI=1S/C26H28N2O4S/c1-18(2)21-13-9-10-19(3)25(21)27-26(29)24-16-28(22-14-7-8-15-23(22)32-24)33(30,31)17-20-11-5-4-6-12-20/h4-15,18,24H,16-17H2,1-3H3,(H,27,29). The van der Waals surface area contributed by atoms with Crippen LogP contribution in [0.4, 0.5) is 11.4 Å². The molecule has 0 bridgehead atoms. The van der Waals surface area contributed by atoms with Gasteiger partial charge in [-0.1, -0.05) is 74.5 Å². The van der Waals surface area contributed by atoms with E-state index in [-0.39, 0.29) is 24.1 Å². The Balaban J connectivity index is 1.64. The number of fused-ring (bicyclic) bond motifs is 1. The zero-order valence-electron chi connectivity index (χ0n) is 19.0. The zero-order chi connectivity index (χ0) is 23.6. The minimum absolute atomic E-state index is 0.0963. The van der Waals surface area contributed by atoms with Gasteiger partial charge < -0.3 is 10.1 Å². The molecule has 0 saturated carbocycles. The monoisotopic (exact) mass is 464 g/mol. The molecule has 0 saturated heterocycles. The van der Waals surface area contributed by atoms with E-state index in [2.05, 4.69) is 19.2 Å². The Morgan fingerprint density at radius 3 is 2.45 bits per heavy atom. The fraction of sp³-hybridized carbons (Fsp3) is 0.269. The Bertz CT molecular complexity index is 1260. The second-order valence-electron chi connectivity index (χ2n) is 8.53. The highest BCUT2D eigenvalue weighted by atomic mass is 32.2. The molecule has 3 aromatic rings. The quantitative estimate of drug-likeness (QED) is 0.566. The van der Waals surface area contributed by atoms with E-state index >= 15 is 0 Å². The van der Waals surface area contributed by atoms with Gasteiger partial charge in [0.2, 0.25) is 10.0 Å². The average Bonchev–Trinajstić information content (AvgIpc) is 2.79. The van der Waals surface area contributed by atoms with E-state index in [0.717, 1.165) is 16.8 Å². The molecular formula is C26H28N2O4S. The summed E-state index contributed by atoms with van der Waals surface area (Å²) in [6, 6.07) is 21.8. The lowest BCUT2D eigenvalue weighted by molar-refractivity contribution is -0.122. The molecule has 0 aliphatic carbocycles. The number of rotatable bonds is 6. The van der Waals surface area contributed by atoms with Crippen LogP contribution in [0.5, 0.6) is 5.75 Å². The number of amides is 1. The Morgan fingerprint density at radius 1 is 1.03 bits per heavy atom. The number of hydrogen-bond donors (Lipinski definition) is 1. The summed E-state index contributed by atoms with van der Waals surface area (Å²) in [5, 5.41) is 3.00.